The minimum Gasteiger partial charge on any atom is -0.379 e. The van der Waals surface area contributed by atoms with Crippen LogP contribution in [0.3, 0.4) is 0 Å². The summed E-state index contributed by atoms with van der Waals surface area (Å²) in [7, 11) is 5.66. The van der Waals surface area contributed by atoms with Crippen LogP contribution >= 0.6 is 0 Å². The van der Waals surface area contributed by atoms with Crippen LogP contribution in [0.2, 0.25) is 0 Å². The Kier molecular flexibility index (Phi) is 8.97. The first-order valence-corrected chi connectivity index (χ1v) is 11.4. The molecule has 2 aliphatic rings. The highest BCUT2D eigenvalue weighted by Crippen LogP contribution is 2.17. The second-order valence-corrected chi connectivity index (χ2v) is 8.50. The van der Waals surface area contributed by atoms with Gasteiger partial charge in [0.25, 0.3) is 0 Å². The van der Waals surface area contributed by atoms with Gasteiger partial charge in [-0.3, -0.25) is 9.69 Å². The Morgan fingerprint density at radius 3 is 2.61 bits per heavy atom. The van der Waals surface area contributed by atoms with Crippen molar-refractivity contribution in [3.8, 4) is 0 Å². The second kappa shape index (κ2) is 11.9. The first kappa shape index (κ1) is 23.3. The van der Waals surface area contributed by atoms with Gasteiger partial charge in [0.2, 0.25) is 5.91 Å². The lowest BCUT2D eigenvalue weighted by Gasteiger charge is -2.32. The van der Waals surface area contributed by atoms with Gasteiger partial charge in [-0.15, -0.1) is 0 Å². The van der Waals surface area contributed by atoms with Crippen molar-refractivity contribution in [2.45, 2.75) is 18.9 Å². The van der Waals surface area contributed by atoms with E-state index in [-0.39, 0.29) is 12.5 Å². The van der Waals surface area contributed by atoms with Gasteiger partial charge in [-0.25, -0.2) is 4.99 Å². The molecule has 8 nitrogen and oxygen atoms in total. The number of benzene rings is 1. The quantitative estimate of drug-likeness (QED) is 0.377. The zero-order valence-electron chi connectivity index (χ0n) is 19.3. The lowest BCUT2D eigenvalue weighted by molar-refractivity contribution is -0.127. The number of carbonyl (C=O) groups is 1. The molecule has 1 amide bonds. The Bertz CT molecular complexity index is 705. The fraction of sp³-hybridized carbons (Fsp3) is 0.652. The average Bonchev–Trinajstić information content (AvgIpc) is 3.29. The van der Waals surface area contributed by atoms with Crippen LogP contribution in [-0.4, -0.2) is 113 Å². The number of carbonyl (C=O) groups excluding carboxylic acids is 1. The molecule has 2 fully saturated rings. The van der Waals surface area contributed by atoms with E-state index < -0.39 is 0 Å². The number of nitrogens with zero attached hydrogens (tertiary/aromatic N) is 5. The largest absolute Gasteiger partial charge is 0.379 e. The number of aliphatic imine (C=N–C) groups is 1. The minimum absolute atomic E-state index is 0.0204. The van der Waals surface area contributed by atoms with E-state index in [1.807, 2.05) is 6.07 Å². The van der Waals surface area contributed by atoms with Gasteiger partial charge < -0.3 is 24.8 Å². The van der Waals surface area contributed by atoms with Crippen LogP contribution in [0.4, 0.5) is 5.69 Å². The zero-order chi connectivity index (χ0) is 22.1. The first-order chi connectivity index (χ1) is 15.0. The summed E-state index contributed by atoms with van der Waals surface area (Å²) < 4.78 is 5.50. The summed E-state index contributed by atoms with van der Waals surface area (Å²) in [6, 6.07) is 11.0. The maximum Gasteiger partial charge on any atom is 0.243 e. The van der Waals surface area contributed by atoms with E-state index in [2.05, 4.69) is 56.3 Å². The molecule has 172 valence electrons. The molecule has 2 saturated heterocycles. The van der Waals surface area contributed by atoms with Crippen LogP contribution in [0.1, 0.15) is 12.8 Å². The number of nitrogens with one attached hydrogen (secondary N) is 1. The third-order valence-electron chi connectivity index (χ3n) is 6.04. The van der Waals surface area contributed by atoms with Gasteiger partial charge in [0.1, 0.15) is 6.54 Å². The molecule has 0 bridgehead atoms. The van der Waals surface area contributed by atoms with Crippen molar-refractivity contribution >= 4 is 17.6 Å². The molecule has 0 aromatic heterocycles. The molecule has 2 aliphatic heterocycles. The van der Waals surface area contributed by atoms with Crippen LogP contribution in [-0.2, 0) is 9.53 Å². The molecule has 0 spiro atoms. The third kappa shape index (κ3) is 7.11. The molecule has 2 heterocycles. The number of likely N-dealkylation sites (tertiary alicyclic amines) is 1. The van der Waals surface area contributed by atoms with Crippen molar-refractivity contribution in [2.75, 3.05) is 85.1 Å². The predicted molar refractivity (Wildman–Crippen MR) is 126 cm³/mol. The number of para-hydroxylation sites is 1. The SMILES string of the molecule is CN(C)C(=O)CN=C(NCCCN(C)c1ccccc1)N1CCC(N2CCOCC2)C1. The topological polar surface area (TPSA) is 63.7 Å². The summed E-state index contributed by atoms with van der Waals surface area (Å²) in [5.41, 5.74) is 1.22. The molecule has 0 saturated carbocycles. The van der Waals surface area contributed by atoms with E-state index in [1.54, 1.807) is 19.0 Å². The molecule has 1 unspecified atom stereocenters. The van der Waals surface area contributed by atoms with Gasteiger partial charge in [-0.1, -0.05) is 18.2 Å². The molecule has 1 N–H and O–H groups in total. The van der Waals surface area contributed by atoms with Crippen LogP contribution in [0, 0.1) is 0 Å². The monoisotopic (exact) mass is 430 g/mol. The Labute approximate surface area is 186 Å². The summed E-state index contributed by atoms with van der Waals surface area (Å²) in [6.07, 6.45) is 2.12. The highest BCUT2D eigenvalue weighted by Gasteiger charge is 2.30. The smallest absolute Gasteiger partial charge is 0.243 e. The van der Waals surface area contributed by atoms with E-state index >= 15 is 0 Å². The number of rotatable bonds is 8. The first-order valence-electron chi connectivity index (χ1n) is 11.4. The summed E-state index contributed by atoms with van der Waals surface area (Å²) >= 11 is 0. The standard InChI is InChI=1S/C23H38N6O2/c1-26(2)22(30)18-25-23(24-11-7-12-27(3)20-8-5-4-6-9-20)29-13-10-21(19-29)28-14-16-31-17-15-28/h4-6,8-9,21H,7,10-19H2,1-3H3,(H,24,25). The van der Waals surface area contributed by atoms with E-state index in [1.165, 1.54) is 5.69 Å². The predicted octanol–water partition coefficient (Wildman–Crippen LogP) is 0.953. The fourth-order valence-corrected chi connectivity index (χ4v) is 4.05. The Balaban J connectivity index is 1.52. The molecule has 0 radical (unpaired) electrons. The molecule has 8 heteroatoms. The summed E-state index contributed by atoms with van der Waals surface area (Å²) in [6.45, 7) is 7.52. The van der Waals surface area contributed by atoms with Gasteiger partial charge in [-0.2, -0.15) is 0 Å². The van der Waals surface area contributed by atoms with Crippen LogP contribution in [0.25, 0.3) is 0 Å². The number of guanidine groups is 1. The third-order valence-corrected chi connectivity index (χ3v) is 6.04. The normalized spacial score (nSPS) is 20.0. The number of anilines is 1. The Morgan fingerprint density at radius 2 is 1.90 bits per heavy atom. The molecular formula is C23H38N6O2. The lowest BCUT2D eigenvalue weighted by atomic mass is 10.2. The van der Waals surface area contributed by atoms with E-state index in [4.69, 9.17) is 4.74 Å². The number of hydrogen-bond acceptors (Lipinski definition) is 5. The molecule has 1 aromatic carbocycles. The number of amides is 1. The van der Waals surface area contributed by atoms with E-state index in [0.717, 1.165) is 71.3 Å². The van der Waals surface area contributed by atoms with Crippen LogP contribution in [0.5, 0.6) is 0 Å². The lowest BCUT2D eigenvalue weighted by Crippen LogP contribution is -2.47. The van der Waals surface area contributed by atoms with Gasteiger partial charge >= 0.3 is 0 Å². The van der Waals surface area contributed by atoms with Gasteiger partial charge in [0.15, 0.2) is 5.96 Å². The highest BCUT2D eigenvalue weighted by atomic mass is 16.5. The molecule has 3 rings (SSSR count). The van der Waals surface area contributed by atoms with Crippen molar-refractivity contribution in [2.24, 2.45) is 4.99 Å². The van der Waals surface area contributed by atoms with Gasteiger partial charge in [0, 0.05) is 72.1 Å². The maximum atomic E-state index is 12.1. The van der Waals surface area contributed by atoms with E-state index in [0.29, 0.717) is 6.04 Å². The summed E-state index contributed by atoms with van der Waals surface area (Å²) in [4.78, 5) is 25.5. The summed E-state index contributed by atoms with van der Waals surface area (Å²) in [5, 5.41) is 3.52. The average molecular weight is 431 g/mol. The molecular weight excluding hydrogens is 392 g/mol. The molecule has 0 aliphatic carbocycles. The number of ether oxygens (including phenoxy) is 1. The van der Waals surface area contributed by atoms with Crippen LogP contribution < -0.4 is 10.2 Å². The molecule has 1 atom stereocenters. The van der Waals surface area contributed by atoms with Crippen LogP contribution in [0.15, 0.2) is 35.3 Å². The van der Waals surface area contributed by atoms with Crippen molar-refractivity contribution in [3.05, 3.63) is 30.3 Å². The fourth-order valence-electron chi connectivity index (χ4n) is 4.05. The Morgan fingerprint density at radius 1 is 1.16 bits per heavy atom. The molecule has 1 aromatic rings. The van der Waals surface area contributed by atoms with Gasteiger partial charge in [0.05, 0.1) is 13.2 Å². The zero-order valence-corrected chi connectivity index (χ0v) is 19.3. The number of morpholine rings is 1. The number of likely N-dealkylation sites (N-methyl/N-ethyl adjacent to an activating group) is 1. The van der Waals surface area contributed by atoms with Crippen molar-refractivity contribution in [3.63, 3.8) is 0 Å². The highest BCUT2D eigenvalue weighted by molar-refractivity contribution is 5.85. The van der Waals surface area contributed by atoms with Gasteiger partial charge in [-0.05, 0) is 25.0 Å². The van der Waals surface area contributed by atoms with Crippen molar-refractivity contribution in [1.29, 1.82) is 0 Å². The number of hydrogen-bond donors (Lipinski definition) is 1. The van der Waals surface area contributed by atoms with Crippen molar-refractivity contribution < 1.29 is 9.53 Å². The minimum atomic E-state index is 0.0204. The second-order valence-electron chi connectivity index (χ2n) is 8.50. The van der Waals surface area contributed by atoms with Crippen molar-refractivity contribution in [1.82, 2.24) is 20.0 Å². The summed E-state index contributed by atoms with van der Waals surface area (Å²) in [5.74, 6) is 0.875. The molecule has 31 heavy (non-hydrogen) atoms. The Hall–Kier alpha value is -2.32. The van der Waals surface area contributed by atoms with E-state index in [9.17, 15) is 4.79 Å². The maximum absolute atomic E-state index is 12.1.